The first-order valence-electron chi connectivity index (χ1n) is 11.0. The number of nitrogens with zero attached hydrogens (tertiary/aromatic N) is 3. The van der Waals surface area contributed by atoms with Crippen molar-refractivity contribution < 1.29 is 31.8 Å². The van der Waals surface area contributed by atoms with Crippen molar-refractivity contribution in [1.82, 2.24) is 15.4 Å². The molecule has 0 radical (unpaired) electrons. The summed E-state index contributed by atoms with van der Waals surface area (Å²) >= 11 is 0. The Morgan fingerprint density at radius 2 is 1.94 bits per heavy atom. The van der Waals surface area contributed by atoms with E-state index in [-0.39, 0.29) is 47.4 Å². The van der Waals surface area contributed by atoms with Gasteiger partial charge in [0.1, 0.15) is 5.56 Å². The molecule has 0 unspecified atom stereocenters. The molecule has 196 valence electrons. The number of anilines is 2. The summed E-state index contributed by atoms with van der Waals surface area (Å²) in [6, 6.07) is 5.40. The van der Waals surface area contributed by atoms with E-state index in [1.165, 1.54) is 30.5 Å². The number of aromatic nitrogens is 2. The number of rotatable bonds is 11. The van der Waals surface area contributed by atoms with E-state index in [4.69, 9.17) is 5.14 Å². The van der Waals surface area contributed by atoms with Crippen molar-refractivity contribution in [3.8, 4) is 0 Å². The van der Waals surface area contributed by atoms with Gasteiger partial charge in [0.2, 0.25) is 16.0 Å². The number of aliphatic imine (C=N–C) groups is 1. The lowest BCUT2D eigenvalue weighted by atomic mass is 9.88. The fourth-order valence-corrected chi connectivity index (χ4v) is 3.89. The predicted molar refractivity (Wildman–Crippen MR) is 127 cm³/mol. The summed E-state index contributed by atoms with van der Waals surface area (Å²) < 4.78 is 51.2. The Bertz CT molecular complexity index is 1160. The Labute approximate surface area is 206 Å². The Balaban J connectivity index is 1.71. The highest BCUT2D eigenvalue weighted by molar-refractivity contribution is 7.89. The van der Waals surface area contributed by atoms with E-state index in [9.17, 15) is 27.1 Å². The van der Waals surface area contributed by atoms with Crippen molar-refractivity contribution >= 4 is 39.6 Å². The number of benzene rings is 1. The number of hydrogen-bond acceptors (Lipinski definition) is 10. The van der Waals surface area contributed by atoms with Gasteiger partial charge in [-0.25, -0.2) is 23.5 Å². The van der Waals surface area contributed by atoms with E-state index >= 15 is 0 Å². The summed E-state index contributed by atoms with van der Waals surface area (Å²) in [4.78, 5) is 25.3. The third kappa shape index (κ3) is 8.44. The monoisotopic (exact) mass is 527 g/mol. The van der Waals surface area contributed by atoms with Gasteiger partial charge in [-0.05, 0) is 55.9 Å². The van der Waals surface area contributed by atoms with Crippen LogP contribution in [0.25, 0.3) is 0 Å². The minimum absolute atomic E-state index is 0.00955. The molecule has 0 spiro atoms. The topological polar surface area (TPSA) is 181 Å². The van der Waals surface area contributed by atoms with E-state index < -0.39 is 22.5 Å². The average molecular weight is 528 g/mol. The zero-order valence-electron chi connectivity index (χ0n) is 19.1. The third-order valence-corrected chi connectivity index (χ3v) is 6.22. The molecule has 1 aromatic carbocycles. The van der Waals surface area contributed by atoms with E-state index in [1.54, 1.807) is 6.21 Å². The van der Waals surface area contributed by atoms with Crippen molar-refractivity contribution in [3.05, 3.63) is 36.0 Å². The molecular formula is C21H27F2N7O5S. The molecular weight excluding hydrogens is 500 g/mol. The first-order chi connectivity index (χ1) is 17.1. The number of aliphatic hydroxyl groups excluding tert-OH is 1. The van der Waals surface area contributed by atoms with Crippen LogP contribution in [0.4, 0.5) is 26.2 Å². The van der Waals surface area contributed by atoms with Gasteiger partial charge in [-0.2, -0.15) is 13.8 Å². The van der Waals surface area contributed by atoms with Gasteiger partial charge in [0.05, 0.1) is 23.3 Å². The Morgan fingerprint density at radius 3 is 2.58 bits per heavy atom. The van der Waals surface area contributed by atoms with Crippen molar-refractivity contribution in [2.24, 2.45) is 16.0 Å². The summed E-state index contributed by atoms with van der Waals surface area (Å²) in [5.41, 5.74) is 5.54. The number of nitrogens with one attached hydrogen (secondary N) is 3. The zero-order chi connectivity index (χ0) is 26.1. The molecule has 1 saturated carbocycles. The molecule has 2 aromatic rings. The van der Waals surface area contributed by atoms with E-state index in [2.05, 4.69) is 35.9 Å². The minimum atomic E-state index is -3.85. The maximum atomic E-state index is 12.8. The van der Waals surface area contributed by atoms with Crippen LogP contribution in [0.2, 0.25) is 0 Å². The minimum Gasteiger partial charge on any atom is -0.393 e. The van der Waals surface area contributed by atoms with Crippen LogP contribution in [0.3, 0.4) is 0 Å². The maximum Gasteiger partial charge on any atom is 0.345 e. The molecule has 1 amide bonds. The number of halogens is 2. The SMILES string of the molecule is NS(=O)(=O)c1ccc(NNC(=O)c2cnc(NCCOC(F)F)nc2N=CC2CCC(O)CC2)cc1. The average Bonchev–Trinajstić information content (AvgIpc) is 2.84. The van der Waals surface area contributed by atoms with E-state index in [1.807, 2.05) is 0 Å². The molecule has 1 aliphatic rings. The number of carbonyl (C=O) groups excluding carboxylic acids is 1. The fraction of sp³-hybridized carbons (Fsp3) is 0.429. The van der Waals surface area contributed by atoms with Crippen LogP contribution in [0.5, 0.6) is 0 Å². The molecule has 0 aliphatic heterocycles. The van der Waals surface area contributed by atoms with Gasteiger partial charge < -0.3 is 15.2 Å². The molecule has 1 heterocycles. The Morgan fingerprint density at radius 1 is 1.25 bits per heavy atom. The highest BCUT2D eigenvalue weighted by Gasteiger charge is 2.19. The van der Waals surface area contributed by atoms with Crippen molar-refractivity contribution in [2.45, 2.75) is 43.3 Å². The second-order valence-electron chi connectivity index (χ2n) is 7.98. The Hall–Kier alpha value is -3.27. The first kappa shape index (κ1) is 27.3. The summed E-state index contributed by atoms with van der Waals surface area (Å²) in [5, 5.41) is 17.5. The van der Waals surface area contributed by atoms with Crippen LogP contribution in [0.15, 0.2) is 40.4 Å². The summed E-state index contributed by atoms with van der Waals surface area (Å²) in [5.74, 6) is -0.394. The molecule has 0 saturated heterocycles. The summed E-state index contributed by atoms with van der Waals surface area (Å²) in [7, 11) is -3.85. The van der Waals surface area contributed by atoms with Gasteiger partial charge in [-0.1, -0.05) is 0 Å². The number of ether oxygens (including phenoxy) is 1. The first-order valence-corrected chi connectivity index (χ1v) is 12.6. The highest BCUT2D eigenvalue weighted by Crippen LogP contribution is 2.24. The number of hydrogen-bond donors (Lipinski definition) is 5. The molecule has 36 heavy (non-hydrogen) atoms. The fourth-order valence-electron chi connectivity index (χ4n) is 3.38. The standard InChI is InChI=1S/C21H27F2N7O5S/c22-20(23)35-10-9-25-21-27-12-17(18(28-21)26-11-13-1-5-15(31)6-2-13)19(32)30-29-14-3-7-16(8-4-14)36(24,33)34/h3-4,7-8,11-13,15,20,29,31H,1-2,5-6,9-10H2,(H,30,32)(H2,24,33,34)(H,25,27,28). The van der Waals surface area contributed by atoms with Crippen LogP contribution < -0.4 is 21.3 Å². The number of carbonyl (C=O) groups is 1. The lowest BCUT2D eigenvalue weighted by Crippen LogP contribution is -2.30. The summed E-state index contributed by atoms with van der Waals surface area (Å²) in [6.07, 6.45) is 5.37. The lowest BCUT2D eigenvalue weighted by Gasteiger charge is -2.22. The largest absolute Gasteiger partial charge is 0.393 e. The third-order valence-electron chi connectivity index (χ3n) is 5.29. The van der Waals surface area contributed by atoms with Crippen LogP contribution in [-0.2, 0) is 14.8 Å². The van der Waals surface area contributed by atoms with Crippen LogP contribution in [0.1, 0.15) is 36.0 Å². The quantitative estimate of drug-likeness (QED) is 0.165. The second-order valence-corrected chi connectivity index (χ2v) is 9.55. The molecule has 1 fully saturated rings. The molecule has 12 nitrogen and oxygen atoms in total. The van der Waals surface area contributed by atoms with E-state index in [0.29, 0.717) is 18.5 Å². The number of nitrogens with two attached hydrogens (primary N) is 1. The molecule has 0 bridgehead atoms. The van der Waals surface area contributed by atoms with Gasteiger partial charge in [0.15, 0.2) is 5.82 Å². The second kappa shape index (κ2) is 12.6. The zero-order valence-corrected chi connectivity index (χ0v) is 19.9. The number of amides is 1. The number of alkyl halides is 2. The number of aliphatic hydroxyl groups is 1. The maximum absolute atomic E-state index is 12.8. The molecule has 1 aromatic heterocycles. The number of primary sulfonamides is 1. The van der Waals surface area contributed by atoms with Crippen LogP contribution in [0, 0.1) is 5.92 Å². The molecule has 3 rings (SSSR count). The molecule has 6 N–H and O–H groups in total. The Kier molecular flexibility index (Phi) is 9.58. The number of hydrazine groups is 1. The molecule has 0 atom stereocenters. The number of sulfonamides is 1. The van der Waals surface area contributed by atoms with Crippen LogP contribution in [-0.4, -0.2) is 61.5 Å². The van der Waals surface area contributed by atoms with Crippen molar-refractivity contribution in [3.63, 3.8) is 0 Å². The van der Waals surface area contributed by atoms with Crippen molar-refractivity contribution in [2.75, 3.05) is 23.9 Å². The molecule has 15 heteroatoms. The summed E-state index contributed by atoms with van der Waals surface area (Å²) in [6.45, 7) is -3.16. The van der Waals surface area contributed by atoms with Gasteiger partial charge in [0, 0.05) is 19.0 Å². The van der Waals surface area contributed by atoms with Gasteiger partial charge in [0.25, 0.3) is 5.91 Å². The highest BCUT2D eigenvalue weighted by atomic mass is 32.2. The van der Waals surface area contributed by atoms with Gasteiger partial charge in [-0.15, -0.1) is 0 Å². The van der Waals surface area contributed by atoms with Gasteiger partial charge >= 0.3 is 6.61 Å². The molecule has 1 aliphatic carbocycles. The van der Waals surface area contributed by atoms with Crippen LogP contribution >= 0.6 is 0 Å². The predicted octanol–water partition coefficient (Wildman–Crippen LogP) is 1.79. The van der Waals surface area contributed by atoms with Gasteiger partial charge in [-0.3, -0.25) is 15.6 Å². The smallest absolute Gasteiger partial charge is 0.345 e. The van der Waals surface area contributed by atoms with E-state index in [0.717, 1.165) is 12.8 Å². The normalized spacial score (nSPS) is 18.4. The van der Waals surface area contributed by atoms with Crippen molar-refractivity contribution in [1.29, 1.82) is 0 Å². The lowest BCUT2D eigenvalue weighted by molar-refractivity contribution is -0.125.